The predicted molar refractivity (Wildman–Crippen MR) is 81.0 cm³/mol. The van der Waals surface area contributed by atoms with Gasteiger partial charge in [0, 0.05) is 11.9 Å². The zero-order valence-electron chi connectivity index (χ0n) is 11.6. The number of carboxylic acid groups (broad SMARTS) is 1. The maximum Gasteiger partial charge on any atom is 0.335 e. The van der Waals surface area contributed by atoms with Gasteiger partial charge < -0.3 is 10.4 Å². The standard InChI is InChI=1S/C15H15NO4S/c1-10-9-11(7-8-12(10)15(17)18)16-13-5-3-4-6-14(13)21(2,19)20/h3-9,16H,1-2H3,(H,17,18). The number of carbonyl (C=O) groups is 1. The van der Waals surface area contributed by atoms with Crippen molar-refractivity contribution in [2.24, 2.45) is 0 Å². The van der Waals surface area contributed by atoms with Crippen LogP contribution in [0.15, 0.2) is 47.4 Å². The van der Waals surface area contributed by atoms with Gasteiger partial charge in [0.05, 0.1) is 16.1 Å². The van der Waals surface area contributed by atoms with Crippen LogP contribution in [-0.2, 0) is 9.84 Å². The van der Waals surface area contributed by atoms with Gasteiger partial charge in [0.15, 0.2) is 9.84 Å². The number of aryl methyl sites for hydroxylation is 1. The number of benzene rings is 2. The molecule has 2 aromatic carbocycles. The molecule has 5 nitrogen and oxygen atoms in total. The molecule has 0 saturated heterocycles. The number of nitrogens with one attached hydrogen (secondary N) is 1. The molecule has 0 aromatic heterocycles. The highest BCUT2D eigenvalue weighted by atomic mass is 32.2. The van der Waals surface area contributed by atoms with Crippen molar-refractivity contribution in [2.75, 3.05) is 11.6 Å². The molecule has 2 rings (SSSR count). The fourth-order valence-corrected chi connectivity index (χ4v) is 2.87. The van der Waals surface area contributed by atoms with Crippen LogP contribution in [0.4, 0.5) is 11.4 Å². The summed E-state index contributed by atoms with van der Waals surface area (Å²) in [5.41, 5.74) is 1.91. The molecular weight excluding hydrogens is 290 g/mol. The monoisotopic (exact) mass is 305 g/mol. The zero-order chi connectivity index (χ0) is 15.6. The molecule has 0 atom stereocenters. The Labute approximate surface area is 123 Å². The number of rotatable bonds is 4. The Hall–Kier alpha value is -2.34. The minimum absolute atomic E-state index is 0.199. The van der Waals surface area contributed by atoms with E-state index in [0.717, 1.165) is 6.26 Å². The fraction of sp³-hybridized carbons (Fsp3) is 0.133. The lowest BCUT2D eigenvalue weighted by atomic mass is 10.1. The van der Waals surface area contributed by atoms with Gasteiger partial charge in [-0.25, -0.2) is 13.2 Å². The Morgan fingerprint density at radius 1 is 1.14 bits per heavy atom. The Bertz CT molecular complexity index is 797. The highest BCUT2D eigenvalue weighted by Crippen LogP contribution is 2.25. The number of aromatic carboxylic acids is 1. The van der Waals surface area contributed by atoms with Gasteiger partial charge in [0.1, 0.15) is 0 Å². The van der Waals surface area contributed by atoms with Crippen LogP contribution in [0, 0.1) is 6.92 Å². The van der Waals surface area contributed by atoms with Crippen LogP contribution in [0.25, 0.3) is 0 Å². The van der Waals surface area contributed by atoms with E-state index in [1.807, 2.05) is 0 Å². The van der Waals surface area contributed by atoms with Crippen LogP contribution < -0.4 is 5.32 Å². The van der Waals surface area contributed by atoms with Crippen molar-refractivity contribution >= 4 is 27.2 Å². The quantitative estimate of drug-likeness (QED) is 0.907. The average Bonchev–Trinajstić information content (AvgIpc) is 2.37. The molecule has 2 N–H and O–H groups in total. The van der Waals surface area contributed by atoms with Crippen LogP contribution in [-0.4, -0.2) is 25.7 Å². The largest absolute Gasteiger partial charge is 0.478 e. The molecule has 6 heteroatoms. The van der Waals surface area contributed by atoms with Gasteiger partial charge in [-0.15, -0.1) is 0 Å². The van der Waals surface area contributed by atoms with E-state index in [-0.39, 0.29) is 10.5 Å². The molecule has 0 aliphatic rings. The van der Waals surface area contributed by atoms with Gasteiger partial charge in [-0.05, 0) is 42.8 Å². The third kappa shape index (κ3) is 3.41. The Morgan fingerprint density at radius 3 is 2.38 bits per heavy atom. The minimum atomic E-state index is -3.34. The first-order chi connectivity index (χ1) is 9.79. The van der Waals surface area contributed by atoms with E-state index in [1.54, 1.807) is 37.3 Å². The predicted octanol–water partition coefficient (Wildman–Crippen LogP) is 2.84. The molecular formula is C15H15NO4S. The van der Waals surface area contributed by atoms with Crippen molar-refractivity contribution in [3.8, 4) is 0 Å². The van der Waals surface area contributed by atoms with Crippen molar-refractivity contribution in [1.82, 2.24) is 0 Å². The second-order valence-electron chi connectivity index (χ2n) is 4.73. The average molecular weight is 305 g/mol. The first-order valence-electron chi connectivity index (χ1n) is 6.19. The molecule has 0 bridgehead atoms. The normalized spacial score (nSPS) is 11.1. The second kappa shape index (κ2) is 5.57. The van der Waals surface area contributed by atoms with Crippen molar-refractivity contribution in [3.63, 3.8) is 0 Å². The summed E-state index contributed by atoms with van der Waals surface area (Å²) >= 11 is 0. The number of anilines is 2. The molecule has 0 unspecified atom stereocenters. The van der Waals surface area contributed by atoms with E-state index in [2.05, 4.69) is 5.32 Å². The van der Waals surface area contributed by atoms with Crippen molar-refractivity contribution in [1.29, 1.82) is 0 Å². The lowest BCUT2D eigenvalue weighted by Crippen LogP contribution is -2.04. The maximum absolute atomic E-state index is 11.7. The number of hydrogen-bond acceptors (Lipinski definition) is 4. The van der Waals surface area contributed by atoms with Gasteiger partial charge in [-0.3, -0.25) is 0 Å². The SMILES string of the molecule is Cc1cc(Nc2ccccc2S(C)(=O)=O)ccc1C(=O)O. The summed E-state index contributed by atoms with van der Waals surface area (Å²) < 4.78 is 23.5. The van der Waals surface area contributed by atoms with E-state index >= 15 is 0 Å². The number of sulfone groups is 1. The molecule has 2 aromatic rings. The van der Waals surface area contributed by atoms with Crippen LogP contribution in [0.1, 0.15) is 15.9 Å². The number of hydrogen-bond donors (Lipinski definition) is 2. The Morgan fingerprint density at radius 2 is 1.81 bits per heavy atom. The highest BCUT2D eigenvalue weighted by molar-refractivity contribution is 7.90. The summed E-state index contributed by atoms with van der Waals surface area (Å²) in [6.07, 6.45) is 1.15. The van der Waals surface area contributed by atoms with E-state index < -0.39 is 15.8 Å². The van der Waals surface area contributed by atoms with Crippen LogP contribution in [0.3, 0.4) is 0 Å². The van der Waals surface area contributed by atoms with E-state index in [9.17, 15) is 13.2 Å². The third-order valence-electron chi connectivity index (χ3n) is 3.02. The third-order valence-corrected chi connectivity index (χ3v) is 4.18. The minimum Gasteiger partial charge on any atom is -0.478 e. The summed E-state index contributed by atoms with van der Waals surface area (Å²) in [4.78, 5) is 11.2. The number of para-hydroxylation sites is 1. The molecule has 21 heavy (non-hydrogen) atoms. The van der Waals surface area contributed by atoms with Crippen LogP contribution in [0.2, 0.25) is 0 Å². The van der Waals surface area contributed by atoms with Gasteiger partial charge in [0.2, 0.25) is 0 Å². The highest BCUT2D eigenvalue weighted by Gasteiger charge is 2.13. The van der Waals surface area contributed by atoms with E-state index in [4.69, 9.17) is 5.11 Å². The van der Waals surface area contributed by atoms with Crippen molar-refractivity contribution < 1.29 is 18.3 Å². The lowest BCUT2D eigenvalue weighted by molar-refractivity contribution is 0.0696. The van der Waals surface area contributed by atoms with Crippen LogP contribution >= 0.6 is 0 Å². The molecule has 0 amide bonds. The molecule has 110 valence electrons. The second-order valence-corrected chi connectivity index (χ2v) is 6.71. The number of carboxylic acids is 1. The van der Waals surface area contributed by atoms with E-state index in [0.29, 0.717) is 16.9 Å². The summed E-state index contributed by atoms with van der Waals surface area (Å²) in [7, 11) is -3.34. The van der Waals surface area contributed by atoms with Gasteiger partial charge in [0.25, 0.3) is 0 Å². The summed E-state index contributed by atoms with van der Waals surface area (Å²) in [6, 6.07) is 11.3. The Balaban J connectivity index is 2.40. The molecule has 0 aliphatic heterocycles. The first-order valence-corrected chi connectivity index (χ1v) is 8.08. The van der Waals surface area contributed by atoms with Crippen LogP contribution in [0.5, 0.6) is 0 Å². The summed E-state index contributed by atoms with van der Waals surface area (Å²) in [5.74, 6) is -0.990. The maximum atomic E-state index is 11.7. The zero-order valence-corrected chi connectivity index (χ0v) is 12.4. The summed E-state index contributed by atoms with van der Waals surface area (Å²) in [6.45, 7) is 1.69. The molecule has 0 spiro atoms. The molecule has 0 fully saturated rings. The molecule has 0 radical (unpaired) electrons. The Kier molecular flexibility index (Phi) is 3.99. The smallest absolute Gasteiger partial charge is 0.335 e. The molecule has 0 heterocycles. The molecule has 0 aliphatic carbocycles. The van der Waals surface area contributed by atoms with Crippen molar-refractivity contribution in [2.45, 2.75) is 11.8 Å². The van der Waals surface area contributed by atoms with E-state index in [1.165, 1.54) is 12.1 Å². The topological polar surface area (TPSA) is 83.5 Å². The first kappa shape index (κ1) is 15.1. The van der Waals surface area contributed by atoms with Gasteiger partial charge in [-0.1, -0.05) is 12.1 Å². The van der Waals surface area contributed by atoms with Gasteiger partial charge >= 0.3 is 5.97 Å². The lowest BCUT2D eigenvalue weighted by Gasteiger charge is -2.12. The van der Waals surface area contributed by atoms with Crippen molar-refractivity contribution in [3.05, 3.63) is 53.6 Å². The van der Waals surface area contributed by atoms with Gasteiger partial charge in [-0.2, -0.15) is 0 Å². The fourth-order valence-electron chi connectivity index (χ4n) is 2.03. The summed E-state index contributed by atoms with van der Waals surface area (Å²) in [5, 5.41) is 12.0. The molecule has 0 saturated carbocycles.